The van der Waals surface area contributed by atoms with Crippen LogP contribution in [0.2, 0.25) is 0 Å². The summed E-state index contributed by atoms with van der Waals surface area (Å²) in [6.45, 7) is 0. The molecule has 51 heavy (non-hydrogen) atoms. The van der Waals surface area contributed by atoms with E-state index in [4.69, 9.17) is 17.8 Å². The zero-order chi connectivity index (χ0) is 52.6. The molecule has 0 radical (unpaired) electrons. The van der Waals surface area contributed by atoms with Crippen molar-refractivity contribution in [3.05, 3.63) is 188 Å². The minimum Gasteiger partial charge on any atom is -0.309 e. The Balaban J connectivity index is 1.39. The minimum absolute atomic E-state index is 0.165. The van der Waals surface area contributed by atoms with Crippen LogP contribution in [0.25, 0.3) is 93.6 Å². The zero-order valence-corrected chi connectivity index (χ0v) is 26.0. The first kappa shape index (κ1) is 14.2. The molecule has 0 aliphatic carbocycles. The summed E-state index contributed by atoms with van der Waals surface area (Å²) in [6, 6.07) is -0.952. The van der Waals surface area contributed by atoms with Crippen LogP contribution in [0.4, 0.5) is 0 Å². The summed E-state index contributed by atoms with van der Waals surface area (Å²) in [7, 11) is 0. The Labute approximate surface area is 325 Å². The highest BCUT2D eigenvalue weighted by Crippen LogP contribution is 2.40. The maximum absolute atomic E-state index is 10.2. The summed E-state index contributed by atoms with van der Waals surface area (Å²) >= 11 is 0. The Bertz CT molecular complexity index is 4320. The second kappa shape index (κ2) is 10.8. The molecule has 0 unspecified atom stereocenters. The summed E-state index contributed by atoms with van der Waals surface area (Å²) in [5.74, 6) is 0. The van der Waals surface area contributed by atoms with Crippen molar-refractivity contribution in [3.8, 4) is 28.2 Å². The predicted molar refractivity (Wildman–Crippen MR) is 215 cm³/mol. The molecular formula is C48H31N3. The Morgan fingerprint density at radius 3 is 1.41 bits per heavy atom. The van der Waals surface area contributed by atoms with Crippen LogP contribution in [0.1, 0.15) is 30.2 Å². The van der Waals surface area contributed by atoms with Crippen molar-refractivity contribution in [2.45, 2.75) is 0 Å². The summed E-state index contributed by atoms with van der Waals surface area (Å²) in [5.41, 5.74) is -2.34. The zero-order valence-electron chi connectivity index (χ0n) is 48.0. The lowest BCUT2D eigenvalue weighted by Crippen LogP contribution is -1.99. The van der Waals surface area contributed by atoms with Gasteiger partial charge in [0.25, 0.3) is 0 Å². The topological polar surface area (TPSA) is 14.8 Å². The smallest absolute Gasteiger partial charge is 0.0667 e. The van der Waals surface area contributed by atoms with Gasteiger partial charge >= 0.3 is 0 Å². The van der Waals surface area contributed by atoms with Gasteiger partial charge in [0.15, 0.2) is 0 Å². The van der Waals surface area contributed by atoms with Crippen molar-refractivity contribution in [1.82, 2.24) is 13.7 Å². The van der Waals surface area contributed by atoms with E-state index in [-0.39, 0.29) is 27.5 Å². The lowest BCUT2D eigenvalue weighted by molar-refractivity contribution is 1.15. The van der Waals surface area contributed by atoms with Crippen molar-refractivity contribution in [1.29, 1.82) is 0 Å². The average molecular weight is 672 g/mol. The van der Waals surface area contributed by atoms with E-state index in [9.17, 15) is 12.3 Å². The van der Waals surface area contributed by atoms with Gasteiger partial charge in [-0.25, -0.2) is 0 Å². The first-order valence-electron chi connectivity index (χ1n) is 26.8. The minimum atomic E-state index is -0.921. The Hall–Kier alpha value is -6.84. The molecule has 0 saturated carbocycles. The van der Waals surface area contributed by atoms with E-state index in [0.717, 1.165) is 9.13 Å². The van der Waals surface area contributed by atoms with Crippen LogP contribution in [-0.4, -0.2) is 13.7 Å². The maximum atomic E-state index is 10.2. The van der Waals surface area contributed by atoms with Gasteiger partial charge in [-0.05, 0) is 66.0 Å². The number of benzene rings is 8. The van der Waals surface area contributed by atoms with Crippen LogP contribution in [0.15, 0.2) is 188 Å². The fourth-order valence-electron chi connectivity index (χ4n) is 6.87. The first-order valence-corrected chi connectivity index (χ1v) is 15.8. The molecule has 0 aliphatic heterocycles. The van der Waals surface area contributed by atoms with Crippen molar-refractivity contribution in [3.63, 3.8) is 0 Å². The van der Waals surface area contributed by atoms with Crippen LogP contribution < -0.4 is 0 Å². The van der Waals surface area contributed by atoms with Gasteiger partial charge in [-0.15, -0.1) is 0 Å². The summed E-state index contributed by atoms with van der Waals surface area (Å²) < 4.78 is 205. The monoisotopic (exact) mass is 671 g/mol. The molecule has 3 aromatic heterocycles. The van der Waals surface area contributed by atoms with Crippen molar-refractivity contribution in [2.24, 2.45) is 0 Å². The molecular weight excluding hydrogens is 619 g/mol. The molecule has 0 spiro atoms. The van der Waals surface area contributed by atoms with Crippen molar-refractivity contribution < 1.29 is 30.2 Å². The Morgan fingerprint density at radius 1 is 0.333 bits per heavy atom. The van der Waals surface area contributed by atoms with Gasteiger partial charge in [0.05, 0.1) is 68.9 Å². The molecule has 11 aromatic rings. The van der Waals surface area contributed by atoms with Gasteiger partial charge in [0.1, 0.15) is 0 Å². The Morgan fingerprint density at radius 2 is 0.784 bits per heavy atom. The highest BCUT2D eigenvalue weighted by molar-refractivity contribution is 6.14. The van der Waals surface area contributed by atoms with E-state index in [1.54, 1.807) is 54.6 Å². The molecule has 238 valence electrons. The normalized spacial score (nSPS) is 18.0. The molecule has 0 N–H and O–H groups in total. The second-order valence-corrected chi connectivity index (χ2v) is 11.7. The third-order valence-electron chi connectivity index (χ3n) is 9.00. The number of aromatic nitrogens is 3. The molecule has 3 heterocycles. The van der Waals surface area contributed by atoms with E-state index in [1.807, 2.05) is 0 Å². The summed E-state index contributed by atoms with van der Waals surface area (Å²) in [5, 5.41) is -2.24. The van der Waals surface area contributed by atoms with E-state index < -0.39 is 188 Å². The number of hydrogen-bond acceptors (Lipinski definition) is 0. The average Bonchev–Trinajstić information content (AvgIpc) is 4.05. The van der Waals surface area contributed by atoms with E-state index in [1.165, 1.54) is 4.57 Å². The summed E-state index contributed by atoms with van der Waals surface area (Å²) in [6.07, 6.45) is 0. The number of nitrogens with zero attached hydrogens (tertiary/aromatic N) is 3. The third-order valence-corrected chi connectivity index (χ3v) is 9.00. The molecule has 0 saturated heterocycles. The van der Waals surface area contributed by atoms with Crippen molar-refractivity contribution in [2.75, 3.05) is 0 Å². The highest BCUT2D eigenvalue weighted by Gasteiger charge is 2.19. The molecule has 0 fully saturated rings. The van der Waals surface area contributed by atoms with Crippen LogP contribution in [0.3, 0.4) is 0 Å². The first-order chi connectivity index (χ1) is 34.5. The lowest BCUT2D eigenvalue weighted by atomic mass is 10.0. The van der Waals surface area contributed by atoms with Crippen LogP contribution in [-0.2, 0) is 0 Å². The highest BCUT2D eigenvalue weighted by atomic mass is 15.0. The number of rotatable bonds is 4. The number of fused-ring (bicyclic) bond motifs is 9. The van der Waals surface area contributed by atoms with Gasteiger partial charge in [-0.3, -0.25) is 0 Å². The largest absolute Gasteiger partial charge is 0.309 e. The molecule has 0 aliphatic rings. The fourth-order valence-corrected chi connectivity index (χ4v) is 6.87. The van der Waals surface area contributed by atoms with Gasteiger partial charge in [0.2, 0.25) is 0 Å². The molecule has 3 nitrogen and oxygen atoms in total. The van der Waals surface area contributed by atoms with E-state index in [2.05, 4.69) is 0 Å². The molecule has 0 atom stereocenters. The van der Waals surface area contributed by atoms with Gasteiger partial charge in [-0.2, -0.15) is 0 Å². The molecule has 3 heteroatoms. The van der Waals surface area contributed by atoms with Crippen molar-refractivity contribution >= 4 is 65.4 Å². The number of para-hydroxylation sites is 5. The van der Waals surface area contributed by atoms with Gasteiger partial charge < -0.3 is 13.7 Å². The number of hydrogen-bond donors (Lipinski definition) is 0. The SMILES string of the molecule is [2H]c1c([2H])c([2H])c2c(c1[2H])c1c([2H])c([2H])c(-n3c4c([2H])c([2H])c([2H])c([2H])c4c4c([2H])c(-n5c6c([2H])c([2H])c([2H])c([2H])c6c6c([2H])c([2H])c([2H])c([2H])c65)c([2H])c([2H])c43)c([2H])c1n2-c1ccccc1-c1ccccc1. The van der Waals surface area contributed by atoms with Crippen LogP contribution in [0.5, 0.6) is 0 Å². The predicted octanol–water partition coefficient (Wildman–Crippen LogP) is 12.6. The van der Waals surface area contributed by atoms with E-state index in [0.29, 0.717) is 11.1 Å². The van der Waals surface area contributed by atoms with Gasteiger partial charge in [-0.1, -0.05) is 127 Å². The van der Waals surface area contributed by atoms with Crippen LogP contribution >= 0.6 is 0 Å². The molecule has 8 aromatic carbocycles. The Kier molecular flexibility index (Phi) is 3.01. The molecule has 11 rings (SSSR count). The lowest BCUT2D eigenvalue weighted by Gasteiger charge is -2.15. The molecule has 0 bridgehead atoms. The molecule has 0 amide bonds. The quantitative estimate of drug-likeness (QED) is 0.177. The fraction of sp³-hybridized carbons (Fsp3) is 0. The summed E-state index contributed by atoms with van der Waals surface area (Å²) in [4.78, 5) is 0. The third kappa shape index (κ3) is 4.06. The maximum Gasteiger partial charge on any atom is 0.0667 e. The standard InChI is InChI=1S/C48H31N3/c1-2-14-32(15-3-1)35-16-4-9-21-42(35)51-46-25-13-7-19-38(46)40-28-26-34(31-48(40)51)50-45-24-12-8-20-39(45)41-30-33(27-29-47(41)50)49-43-22-10-5-17-36(43)37-18-6-11-23-44(37)49/h1-31H/i5D,6D,7D,8D,10D,11D,12D,13D,17D,18D,19D,20D,22D,23D,24D,25D,26D,27D,28D,29D,30D,31D. The second-order valence-electron chi connectivity index (χ2n) is 11.7. The van der Waals surface area contributed by atoms with Crippen LogP contribution in [0, 0.1) is 0 Å². The van der Waals surface area contributed by atoms with Gasteiger partial charge in [0, 0.05) is 49.3 Å². The van der Waals surface area contributed by atoms with E-state index >= 15 is 0 Å².